The maximum Gasteiger partial charge on any atom is 0.235 e. The van der Waals surface area contributed by atoms with Crippen LogP contribution in [0.25, 0.3) is 0 Å². The van der Waals surface area contributed by atoms with Crippen molar-refractivity contribution in [1.82, 2.24) is 5.32 Å². The molecule has 2 unspecified atom stereocenters. The zero-order valence-corrected chi connectivity index (χ0v) is 17.6. The van der Waals surface area contributed by atoms with Crippen molar-refractivity contribution in [3.05, 3.63) is 68.7 Å². The molecule has 0 bridgehead atoms. The second-order valence-electron chi connectivity index (χ2n) is 7.50. The lowest BCUT2D eigenvalue weighted by atomic mass is 9.88. The molecule has 2 aliphatic rings. The Balaban J connectivity index is 1.50. The summed E-state index contributed by atoms with van der Waals surface area (Å²) in [5.74, 6) is -0.983. The molecular weight excluding hydrogens is 417 g/mol. The molecule has 1 N–H and O–H groups in total. The Morgan fingerprint density at radius 1 is 1.07 bits per heavy atom. The topological polar surface area (TPSA) is 63.2 Å². The van der Waals surface area contributed by atoms with E-state index in [0.29, 0.717) is 28.5 Å². The minimum atomic E-state index is -3.66. The van der Waals surface area contributed by atoms with Gasteiger partial charge in [-0.15, -0.1) is 0 Å². The standard InChI is InChI=1S/C21H21Cl2NO3S/c22-14-10-17-16(18(23)11-14)8-9-20(17)28(26,27)12-21(25)24-19-7-3-5-13-4-1-2-6-15(13)19/h1-2,4,6,10-11,19-20H,3,5,7-9,12H2,(H,24,25). The van der Waals surface area contributed by atoms with Gasteiger partial charge in [0.15, 0.2) is 9.84 Å². The van der Waals surface area contributed by atoms with Gasteiger partial charge in [0.25, 0.3) is 0 Å². The fraction of sp³-hybridized carbons (Fsp3) is 0.381. The quantitative estimate of drug-likeness (QED) is 0.760. The van der Waals surface area contributed by atoms with Crippen LogP contribution in [0.15, 0.2) is 36.4 Å². The Morgan fingerprint density at radius 2 is 1.86 bits per heavy atom. The monoisotopic (exact) mass is 437 g/mol. The number of rotatable bonds is 4. The van der Waals surface area contributed by atoms with Crippen molar-refractivity contribution >= 4 is 38.9 Å². The summed E-state index contributed by atoms with van der Waals surface area (Å²) in [4.78, 5) is 12.6. The molecule has 28 heavy (non-hydrogen) atoms. The molecule has 0 heterocycles. The van der Waals surface area contributed by atoms with Crippen LogP contribution >= 0.6 is 23.2 Å². The highest BCUT2D eigenvalue weighted by Crippen LogP contribution is 2.42. The van der Waals surface area contributed by atoms with Gasteiger partial charge in [0.1, 0.15) is 5.75 Å². The van der Waals surface area contributed by atoms with Crippen molar-refractivity contribution < 1.29 is 13.2 Å². The van der Waals surface area contributed by atoms with E-state index < -0.39 is 26.7 Å². The number of halogens is 2. The average Bonchev–Trinajstić information content (AvgIpc) is 3.06. The number of amides is 1. The predicted molar refractivity (Wildman–Crippen MR) is 112 cm³/mol. The molecule has 0 aromatic heterocycles. The fourth-order valence-corrected chi connectivity index (χ4v) is 6.73. The van der Waals surface area contributed by atoms with Crippen LogP contribution in [0.2, 0.25) is 10.0 Å². The second-order valence-corrected chi connectivity index (χ2v) is 10.5. The normalized spacial score (nSPS) is 21.1. The van der Waals surface area contributed by atoms with Gasteiger partial charge in [0.2, 0.25) is 5.91 Å². The Morgan fingerprint density at radius 3 is 2.68 bits per heavy atom. The summed E-state index contributed by atoms with van der Waals surface area (Å²) < 4.78 is 25.9. The van der Waals surface area contributed by atoms with Crippen LogP contribution in [0.4, 0.5) is 0 Å². The van der Waals surface area contributed by atoms with Gasteiger partial charge in [0.05, 0.1) is 11.3 Å². The van der Waals surface area contributed by atoms with Gasteiger partial charge >= 0.3 is 0 Å². The van der Waals surface area contributed by atoms with Crippen LogP contribution in [0, 0.1) is 0 Å². The second kappa shape index (κ2) is 7.69. The average molecular weight is 438 g/mol. The molecule has 148 valence electrons. The molecule has 2 atom stereocenters. The molecule has 4 nitrogen and oxygen atoms in total. The summed E-state index contributed by atoms with van der Waals surface area (Å²) in [5, 5.41) is 3.10. The third-order valence-corrected chi connectivity index (χ3v) is 8.25. The molecule has 0 spiro atoms. The molecule has 2 aromatic rings. The van der Waals surface area contributed by atoms with E-state index in [4.69, 9.17) is 23.2 Å². The van der Waals surface area contributed by atoms with Crippen LogP contribution in [-0.2, 0) is 27.5 Å². The zero-order chi connectivity index (χ0) is 19.9. The lowest BCUT2D eigenvalue weighted by Gasteiger charge is -2.26. The van der Waals surface area contributed by atoms with Gasteiger partial charge in [0, 0.05) is 10.0 Å². The third-order valence-electron chi connectivity index (χ3n) is 5.67. The summed E-state index contributed by atoms with van der Waals surface area (Å²) in [5.41, 5.74) is 3.76. The molecule has 0 radical (unpaired) electrons. The Labute approximate surface area is 175 Å². The van der Waals surface area contributed by atoms with Crippen molar-refractivity contribution in [3.8, 4) is 0 Å². The summed E-state index contributed by atoms with van der Waals surface area (Å²) in [6.45, 7) is 0. The molecule has 7 heteroatoms. The van der Waals surface area contributed by atoms with Gasteiger partial charge in [-0.2, -0.15) is 0 Å². The van der Waals surface area contributed by atoms with Crippen LogP contribution in [-0.4, -0.2) is 20.1 Å². The van der Waals surface area contributed by atoms with E-state index in [1.807, 2.05) is 18.2 Å². The van der Waals surface area contributed by atoms with Gasteiger partial charge in [-0.25, -0.2) is 8.42 Å². The molecule has 0 saturated carbocycles. The molecule has 4 rings (SSSR count). The van der Waals surface area contributed by atoms with Crippen molar-refractivity contribution in [2.24, 2.45) is 0 Å². The lowest BCUT2D eigenvalue weighted by Crippen LogP contribution is -2.36. The number of sulfone groups is 1. The molecule has 0 fully saturated rings. The number of nitrogens with one attached hydrogen (secondary N) is 1. The highest BCUT2D eigenvalue weighted by molar-refractivity contribution is 7.92. The third kappa shape index (κ3) is 3.80. The molecule has 0 aliphatic heterocycles. The number of benzene rings is 2. The van der Waals surface area contributed by atoms with Gasteiger partial charge in [-0.1, -0.05) is 47.5 Å². The first kappa shape index (κ1) is 19.7. The Bertz CT molecular complexity index is 1040. The molecular formula is C21H21Cl2NO3S. The highest BCUT2D eigenvalue weighted by atomic mass is 35.5. The van der Waals surface area contributed by atoms with E-state index in [1.54, 1.807) is 12.1 Å². The fourth-order valence-electron chi connectivity index (χ4n) is 4.40. The maximum atomic E-state index is 13.0. The van der Waals surface area contributed by atoms with Crippen molar-refractivity contribution in [1.29, 1.82) is 0 Å². The number of hydrogen-bond donors (Lipinski definition) is 1. The Kier molecular flexibility index (Phi) is 5.43. The van der Waals surface area contributed by atoms with E-state index >= 15 is 0 Å². The summed E-state index contributed by atoms with van der Waals surface area (Å²) >= 11 is 12.3. The van der Waals surface area contributed by atoms with Crippen LogP contribution in [0.3, 0.4) is 0 Å². The molecule has 2 aliphatic carbocycles. The zero-order valence-electron chi connectivity index (χ0n) is 15.3. The highest BCUT2D eigenvalue weighted by Gasteiger charge is 2.36. The van der Waals surface area contributed by atoms with Crippen molar-refractivity contribution in [2.75, 3.05) is 5.75 Å². The maximum absolute atomic E-state index is 13.0. The number of hydrogen-bond acceptors (Lipinski definition) is 3. The van der Waals surface area contributed by atoms with Gasteiger partial charge in [-0.05, 0) is 66.5 Å². The van der Waals surface area contributed by atoms with Crippen LogP contribution < -0.4 is 5.32 Å². The summed E-state index contributed by atoms with van der Waals surface area (Å²) in [6, 6.07) is 11.2. The SMILES string of the molecule is O=C(CS(=O)(=O)C1CCc2c(Cl)cc(Cl)cc21)NC1CCCc2ccccc21. The first-order valence-electron chi connectivity index (χ1n) is 9.42. The minimum absolute atomic E-state index is 0.132. The van der Waals surface area contributed by atoms with Crippen LogP contribution in [0.1, 0.15) is 52.8 Å². The first-order valence-corrected chi connectivity index (χ1v) is 11.9. The van der Waals surface area contributed by atoms with Gasteiger partial charge < -0.3 is 5.32 Å². The largest absolute Gasteiger partial charge is 0.348 e. The lowest BCUT2D eigenvalue weighted by molar-refractivity contribution is -0.119. The van der Waals surface area contributed by atoms with E-state index in [-0.39, 0.29) is 6.04 Å². The van der Waals surface area contributed by atoms with Crippen LogP contribution in [0.5, 0.6) is 0 Å². The number of carbonyl (C=O) groups is 1. The molecule has 2 aromatic carbocycles. The van der Waals surface area contributed by atoms with Crippen molar-refractivity contribution in [3.63, 3.8) is 0 Å². The number of carbonyl (C=O) groups excluding carboxylic acids is 1. The van der Waals surface area contributed by atoms with E-state index in [0.717, 1.165) is 30.4 Å². The van der Waals surface area contributed by atoms with E-state index in [9.17, 15) is 13.2 Å². The smallest absolute Gasteiger partial charge is 0.235 e. The summed E-state index contributed by atoms with van der Waals surface area (Å²) in [6.07, 6.45) is 3.79. The van der Waals surface area contributed by atoms with Gasteiger partial charge in [-0.3, -0.25) is 4.79 Å². The first-order chi connectivity index (χ1) is 13.3. The number of aryl methyl sites for hydroxylation is 1. The van der Waals surface area contributed by atoms with Crippen molar-refractivity contribution in [2.45, 2.75) is 43.4 Å². The Hall–Kier alpha value is -1.56. The van der Waals surface area contributed by atoms with E-state index in [1.165, 1.54) is 5.56 Å². The predicted octanol–water partition coefficient (Wildman–Crippen LogP) is 4.59. The van der Waals surface area contributed by atoms with E-state index in [2.05, 4.69) is 11.4 Å². The molecule has 0 saturated heterocycles. The minimum Gasteiger partial charge on any atom is -0.348 e. The molecule has 1 amide bonds. The summed E-state index contributed by atoms with van der Waals surface area (Å²) in [7, 11) is -3.66. The number of fused-ring (bicyclic) bond motifs is 2.